The first-order valence-electron chi connectivity index (χ1n) is 6.85. The number of nitrogens with zero attached hydrogens (tertiary/aromatic N) is 1. The zero-order valence-electron chi connectivity index (χ0n) is 12.1. The van der Waals surface area contributed by atoms with E-state index >= 15 is 0 Å². The van der Waals surface area contributed by atoms with Gasteiger partial charge in [-0.15, -0.1) is 24.0 Å². The number of aliphatic imine (C=N–C) groups is 1. The fourth-order valence-electron chi connectivity index (χ4n) is 2.97. The minimum Gasteiger partial charge on any atom is -0.359 e. The van der Waals surface area contributed by atoms with Crippen LogP contribution in [0.1, 0.15) is 31.2 Å². The summed E-state index contributed by atoms with van der Waals surface area (Å²) in [5.41, 5.74) is 1.68. The number of hydrogen-bond acceptors (Lipinski definition) is 1. The van der Waals surface area contributed by atoms with E-state index in [1.807, 2.05) is 7.05 Å². The van der Waals surface area contributed by atoms with Crippen LogP contribution in [0.5, 0.6) is 0 Å². The molecule has 1 aromatic carbocycles. The predicted octanol–water partition coefficient (Wildman–Crippen LogP) is 3.67. The third-order valence-electron chi connectivity index (χ3n) is 4.05. The molecule has 0 radical (unpaired) electrons. The van der Waals surface area contributed by atoms with Crippen molar-refractivity contribution in [3.05, 3.63) is 34.3 Å². The SMILES string of the molecule is CN=C(NC)NCC1(c2cccc(Br)c2)CCCC1.I. The van der Waals surface area contributed by atoms with Crippen LogP contribution >= 0.6 is 39.9 Å². The Morgan fingerprint density at radius 2 is 2.05 bits per heavy atom. The summed E-state index contributed by atoms with van der Waals surface area (Å²) in [5.74, 6) is 0.862. The first kappa shape index (κ1) is 17.8. The van der Waals surface area contributed by atoms with Crippen molar-refractivity contribution in [2.75, 3.05) is 20.6 Å². The Kier molecular flexibility index (Phi) is 7.29. The van der Waals surface area contributed by atoms with Crippen molar-refractivity contribution < 1.29 is 0 Å². The number of nitrogens with one attached hydrogen (secondary N) is 2. The average Bonchev–Trinajstić information content (AvgIpc) is 2.90. The summed E-state index contributed by atoms with van der Waals surface area (Å²) in [5, 5.41) is 6.53. The van der Waals surface area contributed by atoms with E-state index in [1.165, 1.54) is 31.2 Å². The van der Waals surface area contributed by atoms with Gasteiger partial charge in [-0.1, -0.05) is 40.9 Å². The molecule has 1 fully saturated rings. The first-order chi connectivity index (χ1) is 9.20. The van der Waals surface area contributed by atoms with E-state index < -0.39 is 0 Å². The van der Waals surface area contributed by atoms with Crippen LogP contribution in [0.4, 0.5) is 0 Å². The second kappa shape index (κ2) is 8.22. The third kappa shape index (κ3) is 4.10. The highest BCUT2D eigenvalue weighted by atomic mass is 127. The molecule has 0 aliphatic heterocycles. The molecule has 112 valence electrons. The van der Waals surface area contributed by atoms with E-state index in [9.17, 15) is 0 Å². The highest BCUT2D eigenvalue weighted by Gasteiger charge is 2.35. The molecule has 2 N–H and O–H groups in total. The quantitative estimate of drug-likeness (QED) is 0.418. The Hall–Kier alpha value is -0.300. The van der Waals surface area contributed by atoms with Crippen molar-refractivity contribution in [2.24, 2.45) is 4.99 Å². The lowest BCUT2D eigenvalue weighted by molar-refractivity contribution is 0.432. The minimum absolute atomic E-state index is 0. The minimum atomic E-state index is 0. The summed E-state index contributed by atoms with van der Waals surface area (Å²) in [7, 11) is 3.70. The summed E-state index contributed by atoms with van der Waals surface area (Å²) in [4.78, 5) is 4.19. The molecule has 0 amide bonds. The molecular weight excluding hydrogens is 429 g/mol. The lowest BCUT2D eigenvalue weighted by Crippen LogP contribution is -2.43. The lowest BCUT2D eigenvalue weighted by atomic mass is 9.79. The Morgan fingerprint density at radius 3 is 2.60 bits per heavy atom. The number of benzene rings is 1. The molecular formula is C15H23BrIN3. The van der Waals surface area contributed by atoms with E-state index in [0.29, 0.717) is 0 Å². The van der Waals surface area contributed by atoms with E-state index in [0.717, 1.165) is 17.0 Å². The molecule has 0 atom stereocenters. The molecule has 0 spiro atoms. The van der Waals surface area contributed by atoms with Gasteiger partial charge in [0.15, 0.2) is 5.96 Å². The second-order valence-corrected chi connectivity index (χ2v) is 6.09. The third-order valence-corrected chi connectivity index (χ3v) is 4.55. The maximum absolute atomic E-state index is 4.19. The van der Waals surface area contributed by atoms with Gasteiger partial charge >= 0.3 is 0 Å². The average molecular weight is 452 g/mol. The van der Waals surface area contributed by atoms with Gasteiger partial charge in [0.1, 0.15) is 0 Å². The van der Waals surface area contributed by atoms with Gasteiger partial charge in [-0.2, -0.15) is 0 Å². The van der Waals surface area contributed by atoms with Crippen LogP contribution in [0.25, 0.3) is 0 Å². The Labute approximate surface area is 147 Å². The molecule has 1 aromatic rings. The molecule has 0 saturated heterocycles. The van der Waals surface area contributed by atoms with Crippen LogP contribution in [0, 0.1) is 0 Å². The molecule has 0 heterocycles. The summed E-state index contributed by atoms with van der Waals surface area (Å²) >= 11 is 3.58. The van der Waals surface area contributed by atoms with Crippen molar-refractivity contribution in [3.63, 3.8) is 0 Å². The molecule has 0 bridgehead atoms. The fourth-order valence-corrected chi connectivity index (χ4v) is 3.37. The van der Waals surface area contributed by atoms with Crippen molar-refractivity contribution in [2.45, 2.75) is 31.1 Å². The Morgan fingerprint density at radius 1 is 1.35 bits per heavy atom. The van der Waals surface area contributed by atoms with Crippen LogP contribution in [0.15, 0.2) is 33.7 Å². The van der Waals surface area contributed by atoms with E-state index in [-0.39, 0.29) is 29.4 Å². The number of guanidine groups is 1. The van der Waals surface area contributed by atoms with Crippen molar-refractivity contribution in [1.29, 1.82) is 0 Å². The topological polar surface area (TPSA) is 36.4 Å². The summed E-state index contributed by atoms with van der Waals surface area (Å²) in [6.07, 6.45) is 5.12. The van der Waals surface area contributed by atoms with Crippen molar-refractivity contribution >= 4 is 45.9 Å². The summed E-state index contributed by atoms with van der Waals surface area (Å²) in [6.45, 7) is 0.941. The molecule has 1 aliphatic rings. The monoisotopic (exact) mass is 451 g/mol. The number of rotatable bonds is 3. The number of hydrogen-bond donors (Lipinski definition) is 2. The van der Waals surface area contributed by atoms with Gasteiger partial charge in [0.25, 0.3) is 0 Å². The van der Waals surface area contributed by atoms with Gasteiger partial charge in [-0.3, -0.25) is 4.99 Å². The lowest BCUT2D eigenvalue weighted by Gasteiger charge is -2.30. The van der Waals surface area contributed by atoms with Gasteiger partial charge in [-0.05, 0) is 30.5 Å². The molecule has 2 rings (SSSR count). The fraction of sp³-hybridized carbons (Fsp3) is 0.533. The highest BCUT2D eigenvalue weighted by Crippen LogP contribution is 2.41. The van der Waals surface area contributed by atoms with E-state index in [4.69, 9.17) is 0 Å². The molecule has 0 aromatic heterocycles. The highest BCUT2D eigenvalue weighted by molar-refractivity contribution is 14.0. The molecule has 20 heavy (non-hydrogen) atoms. The second-order valence-electron chi connectivity index (χ2n) is 5.17. The predicted molar refractivity (Wildman–Crippen MR) is 100 cm³/mol. The van der Waals surface area contributed by atoms with Gasteiger partial charge in [0.05, 0.1) is 0 Å². The van der Waals surface area contributed by atoms with E-state index in [2.05, 4.69) is 55.8 Å². The van der Waals surface area contributed by atoms with E-state index in [1.54, 1.807) is 7.05 Å². The zero-order chi connectivity index (χ0) is 13.7. The number of halogens is 2. The molecule has 5 heteroatoms. The largest absolute Gasteiger partial charge is 0.359 e. The van der Waals surface area contributed by atoms with Gasteiger partial charge < -0.3 is 10.6 Å². The van der Waals surface area contributed by atoms with Gasteiger partial charge in [0, 0.05) is 30.5 Å². The summed E-state index contributed by atoms with van der Waals surface area (Å²) < 4.78 is 1.16. The zero-order valence-corrected chi connectivity index (χ0v) is 16.0. The maximum Gasteiger partial charge on any atom is 0.190 e. The smallest absolute Gasteiger partial charge is 0.190 e. The van der Waals surface area contributed by atoms with Crippen molar-refractivity contribution in [3.8, 4) is 0 Å². The molecule has 1 saturated carbocycles. The Balaban J connectivity index is 0.00000200. The normalized spacial score (nSPS) is 17.4. The van der Waals surface area contributed by atoms with Crippen LogP contribution in [-0.2, 0) is 5.41 Å². The van der Waals surface area contributed by atoms with Crippen LogP contribution in [-0.4, -0.2) is 26.6 Å². The standard InChI is InChI=1S/C15H22BrN3.HI/c1-17-14(18-2)19-11-15(8-3-4-9-15)12-6-5-7-13(16)10-12;/h5-7,10H,3-4,8-9,11H2,1-2H3,(H2,17,18,19);1H. The van der Waals surface area contributed by atoms with Crippen LogP contribution in [0.2, 0.25) is 0 Å². The Bertz CT molecular complexity index is 456. The summed E-state index contributed by atoms with van der Waals surface area (Å²) in [6, 6.07) is 8.73. The van der Waals surface area contributed by atoms with Crippen LogP contribution in [0.3, 0.4) is 0 Å². The first-order valence-corrected chi connectivity index (χ1v) is 7.64. The van der Waals surface area contributed by atoms with Gasteiger partial charge in [0.2, 0.25) is 0 Å². The van der Waals surface area contributed by atoms with Crippen molar-refractivity contribution in [1.82, 2.24) is 10.6 Å². The molecule has 0 unspecified atom stereocenters. The molecule has 1 aliphatic carbocycles. The molecule has 3 nitrogen and oxygen atoms in total. The van der Waals surface area contributed by atoms with Gasteiger partial charge in [-0.25, -0.2) is 0 Å². The maximum atomic E-state index is 4.19. The van der Waals surface area contributed by atoms with Crippen LogP contribution < -0.4 is 10.6 Å².